The minimum Gasteiger partial charge on any atom is -0.497 e. The number of rotatable bonds is 7. The van der Waals surface area contributed by atoms with E-state index in [0.29, 0.717) is 6.04 Å². The van der Waals surface area contributed by atoms with E-state index in [4.69, 9.17) is 4.74 Å². The van der Waals surface area contributed by atoms with Gasteiger partial charge in [0.05, 0.1) is 19.0 Å². The zero-order valence-electron chi connectivity index (χ0n) is 14.5. The molecule has 0 aliphatic heterocycles. The van der Waals surface area contributed by atoms with Crippen LogP contribution in [0.4, 0.5) is 0 Å². The van der Waals surface area contributed by atoms with Gasteiger partial charge in [-0.15, -0.1) is 0 Å². The minimum atomic E-state index is 0.696. The van der Waals surface area contributed by atoms with Crippen LogP contribution in [-0.4, -0.2) is 27.8 Å². The number of benzene rings is 2. The molecule has 1 aliphatic rings. The summed E-state index contributed by atoms with van der Waals surface area (Å²) in [5.74, 6) is 0.908. The van der Waals surface area contributed by atoms with Crippen LogP contribution in [0, 0.1) is 0 Å². The molecule has 0 amide bonds. The summed E-state index contributed by atoms with van der Waals surface area (Å²) >= 11 is 0. The standard InChI is InChI=1S/C21H23N3O/c1-25-21-11-7-17(8-12-21)14-23(19-9-10-19)15-18-13-22-24(16-18)20-5-3-2-4-6-20/h2-8,11-13,16,19H,9-10,14-15H2,1H3. The molecular formula is C21H23N3O. The molecule has 1 saturated carbocycles. The van der Waals surface area contributed by atoms with Crippen molar-refractivity contribution in [2.24, 2.45) is 0 Å². The summed E-state index contributed by atoms with van der Waals surface area (Å²) in [5.41, 5.74) is 3.68. The van der Waals surface area contributed by atoms with E-state index in [2.05, 4.69) is 40.5 Å². The van der Waals surface area contributed by atoms with E-state index in [-0.39, 0.29) is 0 Å². The van der Waals surface area contributed by atoms with Crippen LogP contribution in [0.1, 0.15) is 24.0 Å². The molecule has 0 radical (unpaired) electrons. The smallest absolute Gasteiger partial charge is 0.118 e. The Balaban J connectivity index is 1.46. The molecule has 0 saturated heterocycles. The lowest BCUT2D eigenvalue weighted by Gasteiger charge is -2.21. The Labute approximate surface area is 148 Å². The van der Waals surface area contributed by atoms with Gasteiger partial charge in [-0.05, 0) is 42.7 Å². The number of para-hydroxylation sites is 1. The Bertz CT molecular complexity index is 807. The molecule has 128 valence electrons. The van der Waals surface area contributed by atoms with Crippen molar-refractivity contribution in [3.8, 4) is 11.4 Å². The molecule has 2 aromatic carbocycles. The van der Waals surface area contributed by atoms with Gasteiger partial charge in [0, 0.05) is 30.9 Å². The van der Waals surface area contributed by atoms with Gasteiger partial charge in [0.1, 0.15) is 5.75 Å². The number of hydrogen-bond acceptors (Lipinski definition) is 3. The summed E-state index contributed by atoms with van der Waals surface area (Å²) in [7, 11) is 1.70. The quantitative estimate of drug-likeness (QED) is 0.653. The van der Waals surface area contributed by atoms with Crippen LogP contribution in [0.25, 0.3) is 5.69 Å². The zero-order valence-corrected chi connectivity index (χ0v) is 14.5. The molecule has 0 N–H and O–H groups in total. The molecule has 0 atom stereocenters. The van der Waals surface area contributed by atoms with Crippen LogP contribution in [0.3, 0.4) is 0 Å². The summed E-state index contributed by atoms with van der Waals surface area (Å²) in [6.07, 6.45) is 6.71. The topological polar surface area (TPSA) is 30.3 Å². The molecule has 4 heteroatoms. The first kappa shape index (κ1) is 15.9. The monoisotopic (exact) mass is 333 g/mol. The first-order valence-electron chi connectivity index (χ1n) is 8.78. The van der Waals surface area contributed by atoms with Gasteiger partial charge >= 0.3 is 0 Å². The van der Waals surface area contributed by atoms with E-state index < -0.39 is 0 Å². The van der Waals surface area contributed by atoms with Crippen molar-refractivity contribution < 1.29 is 4.74 Å². The van der Waals surface area contributed by atoms with Crippen molar-refractivity contribution >= 4 is 0 Å². The maximum absolute atomic E-state index is 5.25. The van der Waals surface area contributed by atoms with Crippen molar-refractivity contribution in [3.05, 3.63) is 78.1 Å². The summed E-state index contributed by atoms with van der Waals surface area (Å²) < 4.78 is 7.20. The third-order valence-electron chi connectivity index (χ3n) is 4.65. The second-order valence-electron chi connectivity index (χ2n) is 6.61. The van der Waals surface area contributed by atoms with Crippen molar-refractivity contribution in [2.45, 2.75) is 32.0 Å². The number of nitrogens with zero attached hydrogens (tertiary/aromatic N) is 3. The Kier molecular flexibility index (Phi) is 4.53. The zero-order chi connectivity index (χ0) is 17.1. The molecule has 1 fully saturated rings. The average molecular weight is 333 g/mol. The first-order valence-corrected chi connectivity index (χ1v) is 8.78. The third kappa shape index (κ3) is 3.91. The Morgan fingerprint density at radius 1 is 1.00 bits per heavy atom. The predicted octanol–water partition coefficient (Wildman–Crippen LogP) is 4.05. The lowest BCUT2D eigenvalue weighted by Crippen LogP contribution is -2.24. The van der Waals surface area contributed by atoms with Crippen molar-refractivity contribution in [1.82, 2.24) is 14.7 Å². The van der Waals surface area contributed by atoms with E-state index >= 15 is 0 Å². The van der Waals surface area contributed by atoms with Gasteiger partial charge < -0.3 is 4.74 Å². The van der Waals surface area contributed by atoms with Crippen LogP contribution < -0.4 is 4.74 Å². The summed E-state index contributed by atoms with van der Waals surface area (Å²) in [6, 6.07) is 19.3. The average Bonchev–Trinajstić information content (AvgIpc) is 3.41. The fourth-order valence-electron chi connectivity index (χ4n) is 3.12. The SMILES string of the molecule is COc1ccc(CN(Cc2cnn(-c3ccccc3)c2)C2CC2)cc1. The molecule has 1 aromatic heterocycles. The van der Waals surface area contributed by atoms with Gasteiger partial charge in [-0.25, -0.2) is 4.68 Å². The molecule has 0 spiro atoms. The molecule has 0 bridgehead atoms. The predicted molar refractivity (Wildman–Crippen MR) is 98.8 cm³/mol. The van der Waals surface area contributed by atoms with Gasteiger partial charge in [0.15, 0.2) is 0 Å². The summed E-state index contributed by atoms with van der Waals surface area (Å²) in [6.45, 7) is 1.90. The van der Waals surface area contributed by atoms with E-state index in [1.807, 2.05) is 41.2 Å². The van der Waals surface area contributed by atoms with E-state index in [0.717, 1.165) is 24.5 Å². The molecule has 4 nitrogen and oxygen atoms in total. The molecule has 0 unspecified atom stereocenters. The fourth-order valence-corrected chi connectivity index (χ4v) is 3.12. The first-order chi connectivity index (χ1) is 12.3. The number of hydrogen-bond donors (Lipinski definition) is 0. The van der Waals surface area contributed by atoms with Crippen LogP contribution in [0.5, 0.6) is 5.75 Å². The minimum absolute atomic E-state index is 0.696. The van der Waals surface area contributed by atoms with Crippen molar-refractivity contribution in [1.29, 1.82) is 0 Å². The van der Waals surface area contributed by atoms with Crippen molar-refractivity contribution in [2.75, 3.05) is 7.11 Å². The highest BCUT2D eigenvalue weighted by Gasteiger charge is 2.29. The molecule has 4 rings (SSSR count). The van der Waals surface area contributed by atoms with Crippen LogP contribution in [0.2, 0.25) is 0 Å². The van der Waals surface area contributed by atoms with Gasteiger partial charge in [-0.3, -0.25) is 4.90 Å². The molecule has 1 heterocycles. The molecule has 25 heavy (non-hydrogen) atoms. The number of aromatic nitrogens is 2. The van der Waals surface area contributed by atoms with E-state index in [9.17, 15) is 0 Å². The van der Waals surface area contributed by atoms with E-state index in [1.54, 1.807) is 7.11 Å². The Hall–Kier alpha value is -2.59. The van der Waals surface area contributed by atoms with Crippen LogP contribution in [-0.2, 0) is 13.1 Å². The maximum Gasteiger partial charge on any atom is 0.118 e. The van der Waals surface area contributed by atoms with E-state index in [1.165, 1.54) is 24.0 Å². The van der Waals surface area contributed by atoms with Crippen LogP contribution in [0.15, 0.2) is 67.0 Å². The van der Waals surface area contributed by atoms with Gasteiger partial charge in [-0.2, -0.15) is 5.10 Å². The number of methoxy groups -OCH3 is 1. The van der Waals surface area contributed by atoms with Crippen LogP contribution >= 0.6 is 0 Å². The second kappa shape index (κ2) is 7.11. The highest BCUT2D eigenvalue weighted by atomic mass is 16.5. The summed E-state index contributed by atoms with van der Waals surface area (Å²) in [5, 5.41) is 4.52. The lowest BCUT2D eigenvalue weighted by atomic mass is 10.2. The normalized spacial score (nSPS) is 14.0. The third-order valence-corrected chi connectivity index (χ3v) is 4.65. The molecule has 1 aliphatic carbocycles. The van der Waals surface area contributed by atoms with Gasteiger partial charge in [0.2, 0.25) is 0 Å². The highest BCUT2D eigenvalue weighted by molar-refractivity contribution is 5.31. The highest BCUT2D eigenvalue weighted by Crippen LogP contribution is 2.30. The van der Waals surface area contributed by atoms with Gasteiger partial charge in [0.25, 0.3) is 0 Å². The maximum atomic E-state index is 5.25. The van der Waals surface area contributed by atoms with Crippen molar-refractivity contribution in [3.63, 3.8) is 0 Å². The Morgan fingerprint density at radius 2 is 1.72 bits per heavy atom. The Morgan fingerprint density at radius 3 is 2.40 bits per heavy atom. The molecular weight excluding hydrogens is 310 g/mol. The van der Waals surface area contributed by atoms with Gasteiger partial charge in [-0.1, -0.05) is 30.3 Å². The largest absolute Gasteiger partial charge is 0.497 e. The lowest BCUT2D eigenvalue weighted by molar-refractivity contribution is 0.245. The fraction of sp³-hybridized carbons (Fsp3) is 0.286. The summed E-state index contributed by atoms with van der Waals surface area (Å²) in [4.78, 5) is 2.55. The molecule has 3 aromatic rings. The number of ether oxygens (including phenoxy) is 1. The second-order valence-corrected chi connectivity index (χ2v) is 6.61.